The highest BCUT2D eigenvalue weighted by molar-refractivity contribution is 5.95. The Hall–Kier alpha value is -3.67. The van der Waals surface area contributed by atoms with Gasteiger partial charge in [-0.1, -0.05) is 32.4 Å². The Morgan fingerprint density at radius 2 is 1.69 bits per heavy atom. The molecule has 0 radical (unpaired) electrons. The van der Waals surface area contributed by atoms with Crippen LogP contribution in [0.25, 0.3) is 0 Å². The zero-order chi connectivity index (χ0) is 26.8. The second-order valence-corrected chi connectivity index (χ2v) is 9.02. The Bertz CT molecular complexity index is 947. The average Bonchev–Trinajstić information content (AvgIpc) is 3.37. The highest BCUT2D eigenvalue weighted by atomic mass is 16.4. The van der Waals surface area contributed by atoms with E-state index in [0.29, 0.717) is 24.9 Å². The van der Waals surface area contributed by atoms with Gasteiger partial charge in [-0.05, 0) is 43.0 Å². The first kappa shape index (κ1) is 28.6. The van der Waals surface area contributed by atoms with E-state index in [2.05, 4.69) is 21.3 Å². The van der Waals surface area contributed by atoms with Gasteiger partial charge < -0.3 is 37.2 Å². The Labute approximate surface area is 209 Å². The molecule has 36 heavy (non-hydrogen) atoms. The van der Waals surface area contributed by atoms with Crippen molar-refractivity contribution >= 4 is 29.6 Å². The first-order chi connectivity index (χ1) is 17.0. The standard InChI is InChI=1S/C24H35N5O7/c1-3-13(2)20(29-21(32)16-5-4-10-26-16)23(34)27-17(11-14-6-8-15(30)9-7-14)22(33)28-18(24(35)36)12-19(25)31/h6-9,13,16-18,20,26,30H,3-5,10-12H2,1-2H3,(H2,25,31)(H,27,34)(H,28,33)(H,29,32)(H,35,36). The number of carboxylic acids is 1. The molecule has 198 valence electrons. The molecular formula is C24H35N5O7. The minimum absolute atomic E-state index is 0.0104. The van der Waals surface area contributed by atoms with Gasteiger partial charge in [0.05, 0.1) is 12.5 Å². The van der Waals surface area contributed by atoms with Gasteiger partial charge in [0.2, 0.25) is 23.6 Å². The van der Waals surface area contributed by atoms with E-state index in [0.717, 1.165) is 6.42 Å². The first-order valence-corrected chi connectivity index (χ1v) is 11.9. The molecule has 0 aliphatic carbocycles. The molecule has 1 aromatic rings. The van der Waals surface area contributed by atoms with Gasteiger partial charge in [-0.15, -0.1) is 0 Å². The number of rotatable bonds is 13. The van der Waals surface area contributed by atoms with E-state index in [9.17, 15) is 34.2 Å². The van der Waals surface area contributed by atoms with Crippen LogP contribution < -0.4 is 27.0 Å². The molecule has 1 aromatic carbocycles. The molecule has 12 nitrogen and oxygen atoms in total. The number of hydrogen-bond donors (Lipinski definition) is 7. The number of carbonyl (C=O) groups excluding carboxylic acids is 4. The van der Waals surface area contributed by atoms with E-state index in [-0.39, 0.29) is 24.0 Å². The van der Waals surface area contributed by atoms with Crippen LogP contribution in [0, 0.1) is 5.92 Å². The molecular weight excluding hydrogens is 470 g/mol. The van der Waals surface area contributed by atoms with Crippen LogP contribution in [-0.2, 0) is 30.4 Å². The van der Waals surface area contributed by atoms with Crippen LogP contribution in [-0.4, -0.2) is 70.5 Å². The molecule has 8 N–H and O–H groups in total. The number of phenols is 1. The lowest BCUT2D eigenvalue weighted by atomic mass is 9.96. The number of carboxylic acid groups (broad SMARTS) is 1. The Balaban J connectivity index is 2.24. The number of primary amides is 1. The van der Waals surface area contributed by atoms with Crippen molar-refractivity contribution in [3.8, 4) is 5.75 Å². The molecule has 0 spiro atoms. The van der Waals surface area contributed by atoms with Crippen molar-refractivity contribution in [2.75, 3.05) is 6.54 Å². The van der Waals surface area contributed by atoms with Crippen LogP contribution in [0.15, 0.2) is 24.3 Å². The molecule has 1 saturated heterocycles. The maximum Gasteiger partial charge on any atom is 0.326 e. The fourth-order valence-corrected chi connectivity index (χ4v) is 3.88. The number of phenolic OH excluding ortho intramolecular Hbond substituents is 1. The summed E-state index contributed by atoms with van der Waals surface area (Å²) in [6, 6.07) is 1.80. The lowest BCUT2D eigenvalue weighted by Gasteiger charge is -2.28. The molecule has 0 saturated carbocycles. The number of aromatic hydroxyl groups is 1. The summed E-state index contributed by atoms with van der Waals surface area (Å²) in [5.74, 6) is -4.36. The second kappa shape index (κ2) is 13.4. The quantitative estimate of drug-likeness (QED) is 0.180. The predicted octanol–water partition coefficient (Wildman–Crippen LogP) is -0.853. The molecule has 1 fully saturated rings. The molecule has 1 aliphatic rings. The van der Waals surface area contributed by atoms with E-state index in [1.807, 2.05) is 6.92 Å². The molecule has 0 aromatic heterocycles. The third-order valence-electron chi connectivity index (χ3n) is 6.20. The van der Waals surface area contributed by atoms with E-state index < -0.39 is 54.3 Å². The molecule has 12 heteroatoms. The SMILES string of the molecule is CCC(C)C(NC(=O)C1CCCN1)C(=O)NC(Cc1ccc(O)cc1)C(=O)NC(CC(N)=O)C(=O)O. The van der Waals surface area contributed by atoms with Gasteiger partial charge in [-0.3, -0.25) is 19.2 Å². The number of carbonyl (C=O) groups is 5. The van der Waals surface area contributed by atoms with Gasteiger partial charge in [-0.2, -0.15) is 0 Å². The third-order valence-corrected chi connectivity index (χ3v) is 6.20. The Morgan fingerprint density at radius 3 is 2.22 bits per heavy atom. The highest BCUT2D eigenvalue weighted by Gasteiger charge is 2.33. The minimum Gasteiger partial charge on any atom is -0.508 e. The maximum absolute atomic E-state index is 13.3. The fourth-order valence-electron chi connectivity index (χ4n) is 3.88. The van der Waals surface area contributed by atoms with E-state index >= 15 is 0 Å². The molecule has 4 amide bonds. The van der Waals surface area contributed by atoms with E-state index in [1.54, 1.807) is 19.1 Å². The van der Waals surface area contributed by atoms with Gasteiger partial charge in [-0.25, -0.2) is 4.79 Å². The number of nitrogens with two attached hydrogens (primary N) is 1. The summed E-state index contributed by atoms with van der Waals surface area (Å²) in [5.41, 5.74) is 5.67. The predicted molar refractivity (Wildman–Crippen MR) is 130 cm³/mol. The van der Waals surface area contributed by atoms with Crippen LogP contribution >= 0.6 is 0 Å². The zero-order valence-electron chi connectivity index (χ0n) is 20.5. The lowest BCUT2D eigenvalue weighted by Crippen LogP contribution is -2.59. The van der Waals surface area contributed by atoms with Crippen LogP contribution in [0.4, 0.5) is 0 Å². The van der Waals surface area contributed by atoms with Gasteiger partial charge in [0.25, 0.3) is 0 Å². The Morgan fingerprint density at radius 1 is 1.06 bits per heavy atom. The van der Waals surface area contributed by atoms with Crippen molar-refractivity contribution in [2.45, 2.75) is 70.1 Å². The maximum atomic E-state index is 13.3. The van der Waals surface area contributed by atoms with Gasteiger partial charge in [0, 0.05) is 6.42 Å². The third kappa shape index (κ3) is 8.52. The number of benzene rings is 1. The second-order valence-electron chi connectivity index (χ2n) is 9.02. The van der Waals surface area contributed by atoms with Crippen molar-refractivity contribution in [1.29, 1.82) is 0 Å². The van der Waals surface area contributed by atoms with Gasteiger partial charge >= 0.3 is 5.97 Å². The monoisotopic (exact) mass is 505 g/mol. The summed E-state index contributed by atoms with van der Waals surface area (Å²) in [7, 11) is 0. The van der Waals surface area contributed by atoms with Crippen molar-refractivity contribution in [3.05, 3.63) is 29.8 Å². The number of amides is 4. The van der Waals surface area contributed by atoms with Crippen molar-refractivity contribution in [3.63, 3.8) is 0 Å². The molecule has 5 atom stereocenters. The topological polar surface area (TPSA) is 200 Å². The first-order valence-electron chi connectivity index (χ1n) is 11.9. The average molecular weight is 506 g/mol. The molecule has 5 unspecified atom stereocenters. The molecule has 0 bridgehead atoms. The molecule has 1 heterocycles. The number of hydrogen-bond acceptors (Lipinski definition) is 7. The van der Waals surface area contributed by atoms with Crippen LogP contribution in [0.2, 0.25) is 0 Å². The summed E-state index contributed by atoms with van der Waals surface area (Å²) in [6.07, 6.45) is 1.42. The summed E-state index contributed by atoms with van der Waals surface area (Å²) >= 11 is 0. The largest absolute Gasteiger partial charge is 0.508 e. The zero-order valence-corrected chi connectivity index (χ0v) is 20.5. The Kier molecular flexibility index (Phi) is 10.7. The van der Waals surface area contributed by atoms with Gasteiger partial charge in [0.1, 0.15) is 23.9 Å². The lowest BCUT2D eigenvalue weighted by molar-refractivity contribution is -0.143. The van der Waals surface area contributed by atoms with Crippen molar-refractivity contribution < 1.29 is 34.2 Å². The van der Waals surface area contributed by atoms with Crippen LogP contribution in [0.3, 0.4) is 0 Å². The number of nitrogens with one attached hydrogen (secondary N) is 4. The van der Waals surface area contributed by atoms with E-state index in [1.165, 1.54) is 12.1 Å². The smallest absolute Gasteiger partial charge is 0.326 e. The van der Waals surface area contributed by atoms with E-state index in [4.69, 9.17) is 5.73 Å². The number of aliphatic carboxylic acids is 1. The van der Waals surface area contributed by atoms with Gasteiger partial charge in [0.15, 0.2) is 0 Å². The summed E-state index contributed by atoms with van der Waals surface area (Å²) < 4.78 is 0. The van der Waals surface area contributed by atoms with Crippen LogP contribution in [0.1, 0.15) is 45.1 Å². The van der Waals surface area contributed by atoms with Crippen LogP contribution in [0.5, 0.6) is 5.75 Å². The minimum atomic E-state index is -1.58. The summed E-state index contributed by atoms with van der Waals surface area (Å²) in [6.45, 7) is 4.38. The fraction of sp³-hybridized carbons (Fsp3) is 0.542. The molecule has 2 rings (SSSR count). The normalized spacial score (nSPS) is 18.3. The molecule has 1 aliphatic heterocycles. The van der Waals surface area contributed by atoms with Crippen molar-refractivity contribution in [1.82, 2.24) is 21.3 Å². The summed E-state index contributed by atoms with van der Waals surface area (Å²) in [4.78, 5) is 61.8. The van der Waals surface area contributed by atoms with Crippen molar-refractivity contribution in [2.24, 2.45) is 11.7 Å². The highest BCUT2D eigenvalue weighted by Crippen LogP contribution is 2.14. The summed E-state index contributed by atoms with van der Waals surface area (Å²) in [5, 5.41) is 29.6.